The van der Waals surface area contributed by atoms with Crippen LogP contribution in [0.1, 0.15) is 35.6 Å². The van der Waals surface area contributed by atoms with Gasteiger partial charge in [-0.25, -0.2) is 22.6 Å². The first-order valence-electron chi connectivity index (χ1n) is 15.1. The van der Waals surface area contributed by atoms with E-state index >= 15 is 0 Å². The van der Waals surface area contributed by atoms with Crippen molar-refractivity contribution in [1.29, 1.82) is 0 Å². The number of benzene rings is 3. The standard InChI is InChI=1S/C33H33FN4O6S2/c34-25-8-4-9-27(18-25)36-32-38(19-23-15-17-46(42,43)21-23)31(40)29(45-32)24-11-13-26(14-12-24)35-30(39)28-10-5-16-37(28)33(41)44-20-22-6-2-1-3-7-22/h1-4,6-9,11-14,18,23,28-29H,5,10,15-17,19-21H2,(H,35,39)/b36-32-/t23?,28-,29?/m0/s1. The Morgan fingerprint density at radius 3 is 2.52 bits per heavy atom. The first-order chi connectivity index (χ1) is 22.1. The number of ether oxygens (including phenoxy) is 1. The van der Waals surface area contributed by atoms with Crippen LogP contribution in [0.2, 0.25) is 0 Å². The maximum Gasteiger partial charge on any atom is 0.410 e. The molecule has 0 radical (unpaired) electrons. The highest BCUT2D eigenvalue weighted by atomic mass is 32.2. The molecule has 0 saturated carbocycles. The van der Waals surface area contributed by atoms with Gasteiger partial charge in [0.2, 0.25) is 11.8 Å². The van der Waals surface area contributed by atoms with E-state index in [1.54, 1.807) is 30.3 Å². The number of anilines is 1. The highest BCUT2D eigenvalue weighted by molar-refractivity contribution is 8.15. The van der Waals surface area contributed by atoms with E-state index in [0.717, 1.165) is 5.56 Å². The maximum atomic E-state index is 13.9. The molecule has 0 aromatic heterocycles. The molecule has 3 amide bonds. The highest BCUT2D eigenvalue weighted by Crippen LogP contribution is 2.41. The number of hydrogen-bond donors (Lipinski definition) is 1. The third-order valence-electron chi connectivity index (χ3n) is 8.22. The van der Waals surface area contributed by atoms with Gasteiger partial charge in [-0.3, -0.25) is 19.4 Å². The second-order valence-electron chi connectivity index (χ2n) is 11.6. The Hall–Kier alpha value is -4.23. The zero-order valence-corrected chi connectivity index (χ0v) is 26.5. The fourth-order valence-corrected chi connectivity index (χ4v) is 8.91. The van der Waals surface area contributed by atoms with Gasteiger partial charge in [0.15, 0.2) is 15.0 Å². The third-order valence-corrected chi connectivity index (χ3v) is 11.3. The summed E-state index contributed by atoms with van der Waals surface area (Å²) in [6.07, 6.45) is 1.13. The number of nitrogens with one attached hydrogen (secondary N) is 1. The smallest absolute Gasteiger partial charge is 0.410 e. The SMILES string of the molecule is O=C(Nc1ccc(C2S/C(=N\c3cccc(F)c3)N(CC3CCS(=O)(=O)C3)C2=O)cc1)[C@@H]1CCCN1C(=O)OCc1ccccc1. The molecule has 3 heterocycles. The van der Waals surface area contributed by atoms with Gasteiger partial charge in [-0.15, -0.1) is 0 Å². The van der Waals surface area contributed by atoms with E-state index in [4.69, 9.17) is 4.74 Å². The fraction of sp³-hybridized carbons (Fsp3) is 0.333. The van der Waals surface area contributed by atoms with Crippen LogP contribution in [0.25, 0.3) is 0 Å². The molecule has 3 aliphatic heterocycles. The minimum absolute atomic E-state index is 0.0108. The van der Waals surface area contributed by atoms with Crippen molar-refractivity contribution < 1.29 is 31.9 Å². The molecular formula is C33H33FN4O6S2. The lowest BCUT2D eigenvalue weighted by molar-refractivity contribution is -0.126. The van der Waals surface area contributed by atoms with Crippen LogP contribution in [0.15, 0.2) is 83.9 Å². The number of hydrogen-bond acceptors (Lipinski definition) is 8. The molecule has 3 saturated heterocycles. The number of aliphatic imine (C=N–C) groups is 1. The Labute approximate surface area is 270 Å². The second-order valence-corrected chi connectivity index (χ2v) is 14.9. The number of sulfone groups is 1. The topological polar surface area (TPSA) is 125 Å². The lowest BCUT2D eigenvalue weighted by atomic mass is 10.1. The highest BCUT2D eigenvalue weighted by Gasteiger charge is 2.42. The summed E-state index contributed by atoms with van der Waals surface area (Å²) < 4.78 is 43.5. The Morgan fingerprint density at radius 1 is 1.02 bits per heavy atom. The summed E-state index contributed by atoms with van der Waals surface area (Å²) >= 11 is 1.22. The van der Waals surface area contributed by atoms with E-state index in [1.807, 2.05) is 30.3 Å². The van der Waals surface area contributed by atoms with Gasteiger partial charge in [-0.1, -0.05) is 60.3 Å². The molecule has 0 spiro atoms. The molecule has 13 heteroatoms. The van der Waals surface area contributed by atoms with E-state index in [9.17, 15) is 27.2 Å². The summed E-state index contributed by atoms with van der Waals surface area (Å²) in [5.41, 5.74) is 2.39. The Balaban J connectivity index is 1.12. The van der Waals surface area contributed by atoms with Gasteiger partial charge in [0.05, 0.1) is 17.2 Å². The lowest BCUT2D eigenvalue weighted by Crippen LogP contribution is -2.43. The number of nitrogens with zero attached hydrogens (tertiary/aromatic N) is 3. The predicted molar refractivity (Wildman–Crippen MR) is 174 cm³/mol. The van der Waals surface area contributed by atoms with Gasteiger partial charge >= 0.3 is 6.09 Å². The number of amides is 3. The second kappa shape index (κ2) is 13.6. The zero-order valence-electron chi connectivity index (χ0n) is 24.9. The molecular weight excluding hydrogens is 632 g/mol. The van der Waals surface area contributed by atoms with Crippen LogP contribution < -0.4 is 5.32 Å². The van der Waals surface area contributed by atoms with Gasteiger partial charge in [-0.05, 0) is 66.6 Å². The molecule has 3 aromatic rings. The average Bonchev–Trinajstić information content (AvgIpc) is 3.75. The third kappa shape index (κ3) is 7.42. The molecule has 10 nitrogen and oxygen atoms in total. The first-order valence-corrected chi connectivity index (χ1v) is 17.8. The van der Waals surface area contributed by atoms with Crippen molar-refractivity contribution >= 4 is 56.0 Å². The zero-order chi connectivity index (χ0) is 32.3. The van der Waals surface area contributed by atoms with E-state index in [2.05, 4.69) is 10.3 Å². The number of rotatable bonds is 8. The number of likely N-dealkylation sites (tertiary alicyclic amines) is 1. The van der Waals surface area contributed by atoms with Crippen LogP contribution >= 0.6 is 11.8 Å². The van der Waals surface area contributed by atoms with Gasteiger partial charge in [0, 0.05) is 18.8 Å². The molecule has 6 rings (SSSR count). The normalized spacial score (nSPS) is 23.2. The predicted octanol–water partition coefficient (Wildman–Crippen LogP) is 5.30. The number of thioether (sulfide) groups is 1. The van der Waals surface area contributed by atoms with Crippen LogP contribution in [0.4, 0.5) is 20.6 Å². The van der Waals surface area contributed by atoms with Crippen molar-refractivity contribution in [2.45, 2.75) is 37.2 Å². The van der Waals surface area contributed by atoms with Crippen molar-refractivity contribution in [2.24, 2.45) is 10.9 Å². The van der Waals surface area contributed by atoms with Crippen molar-refractivity contribution in [2.75, 3.05) is 29.9 Å². The monoisotopic (exact) mass is 664 g/mol. The summed E-state index contributed by atoms with van der Waals surface area (Å²) in [5.74, 6) is -1.13. The molecule has 3 aliphatic rings. The summed E-state index contributed by atoms with van der Waals surface area (Å²) in [6.45, 7) is 0.750. The van der Waals surface area contributed by atoms with Crippen molar-refractivity contribution in [3.05, 3.63) is 95.8 Å². The molecule has 0 bridgehead atoms. The number of carbonyl (C=O) groups excluding carboxylic acids is 3. The molecule has 1 N–H and O–H groups in total. The molecule has 2 unspecified atom stereocenters. The van der Waals surface area contributed by atoms with E-state index in [1.165, 1.54) is 39.8 Å². The largest absolute Gasteiger partial charge is 0.445 e. The molecule has 46 heavy (non-hydrogen) atoms. The van der Waals surface area contributed by atoms with Crippen molar-refractivity contribution in [3.8, 4) is 0 Å². The Morgan fingerprint density at radius 2 is 1.80 bits per heavy atom. The molecule has 3 atom stereocenters. The Kier molecular flexibility index (Phi) is 9.41. The quantitative estimate of drug-likeness (QED) is 0.346. The molecule has 3 aromatic carbocycles. The van der Waals surface area contributed by atoms with Crippen LogP contribution in [0.5, 0.6) is 0 Å². The van der Waals surface area contributed by atoms with Gasteiger partial charge in [0.1, 0.15) is 23.7 Å². The molecule has 3 fully saturated rings. The van der Waals surface area contributed by atoms with Crippen molar-refractivity contribution in [3.63, 3.8) is 0 Å². The summed E-state index contributed by atoms with van der Waals surface area (Å²) in [5, 5.41) is 2.60. The number of halogens is 1. The lowest BCUT2D eigenvalue weighted by Gasteiger charge is -2.23. The van der Waals surface area contributed by atoms with Crippen LogP contribution in [-0.4, -0.2) is 71.9 Å². The average molecular weight is 665 g/mol. The summed E-state index contributed by atoms with van der Waals surface area (Å²) in [7, 11) is -3.14. The van der Waals surface area contributed by atoms with Gasteiger partial charge in [-0.2, -0.15) is 0 Å². The van der Waals surface area contributed by atoms with Crippen molar-refractivity contribution in [1.82, 2.24) is 9.80 Å². The van der Waals surface area contributed by atoms with E-state index in [0.29, 0.717) is 47.9 Å². The van der Waals surface area contributed by atoms with Crippen LogP contribution in [-0.2, 0) is 30.8 Å². The minimum atomic E-state index is -3.14. The number of amidine groups is 1. The van der Waals surface area contributed by atoms with E-state index in [-0.39, 0.29) is 42.4 Å². The van der Waals surface area contributed by atoms with Gasteiger partial charge in [0.25, 0.3) is 0 Å². The van der Waals surface area contributed by atoms with Crippen LogP contribution in [0, 0.1) is 11.7 Å². The maximum absolute atomic E-state index is 13.9. The molecule has 0 aliphatic carbocycles. The Bertz CT molecular complexity index is 1750. The molecule has 240 valence electrons. The fourth-order valence-electron chi connectivity index (χ4n) is 5.88. The van der Waals surface area contributed by atoms with E-state index < -0.39 is 33.0 Å². The number of carbonyl (C=O) groups is 3. The first kappa shape index (κ1) is 31.7. The minimum Gasteiger partial charge on any atom is -0.445 e. The summed E-state index contributed by atoms with van der Waals surface area (Å²) in [4.78, 5) is 47.1. The summed E-state index contributed by atoms with van der Waals surface area (Å²) in [6, 6.07) is 21.3. The van der Waals surface area contributed by atoms with Gasteiger partial charge < -0.3 is 10.1 Å². The van der Waals surface area contributed by atoms with Crippen LogP contribution in [0.3, 0.4) is 0 Å².